The van der Waals surface area contributed by atoms with E-state index in [4.69, 9.17) is 5.73 Å². The first-order valence-corrected chi connectivity index (χ1v) is 5.84. The van der Waals surface area contributed by atoms with Gasteiger partial charge in [0.15, 0.2) is 0 Å². The van der Waals surface area contributed by atoms with Crippen LogP contribution in [0.1, 0.15) is 38.5 Å². The third kappa shape index (κ3) is 2.23. The molecule has 1 saturated heterocycles. The molecule has 1 unspecified atom stereocenters. The normalized spacial score (nSPS) is 27.5. The maximum absolute atomic E-state index is 5.84. The van der Waals surface area contributed by atoms with Crippen LogP contribution in [0.3, 0.4) is 0 Å². The molecule has 0 bridgehead atoms. The van der Waals surface area contributed by atoms with Gasteiger partial charge in [-0.3, -0.25) is 4.90 Å². The number of hydrogen-bond donors (Lipinski definition) is 1. The van der Waals surface area contributed by atoms with Crippen LogP contribution < -0.4 is 5.73 Å². The molecule has 2 fully saturated rings. The van der Waals surface area contributed by atoms with Crippen LogP contribution in [0.2, 0.25) is 0 Å². The highest BCUT2D eigenvalue weighted by Gasteiger charge is 2.26. The summed E-state index contributed by atoms with van der Waals surface area (Å²) in [6, 6.07) is 0.702. The lowest BCUT2D eigenvalue weighted by Gasteiger charge is -2.33. The zero-order valence-electron chi connectivity index (χ0n) is 8.54. The summed E-state index contributed by atoms with van der Waals surface area (Å²) >= 11 is 0. The summed E-state index contributed by atoms with van der Waals surface area (Å²) in [5.74, 6) is 1.01. The number of hydrogen-bond acceptors (Lipinski definition) is 2. The number of likely N-dealkylation sites (tertiary alicyclic amines) is 1. The summed E-state index contributed by atoms with van der Waals surface area (Å²) in [5, 5.41) is 0. The lowest BCUT2D eigenvalue weighted by molar-refractivity contribution is 0.173. The van der Waals surface area contributed by atoms with Crippen LogP contribution in [0.5, 0.6) is 0 Å². The maximum Gasteiger partial charge on any atom is 0.0221 e. The van der Waals surface area contributed by atoms with Gasteiger partial charge in [0.2, 0.25) is 0 Å². The van der Waals surface area contributed by atoms with Gasteiger partial charge in [-0.25, -0.2) is 0 Å². The smallest absolute Gasteiger partial charge is 0.0221 e. The molecule has 2 aliphatic rings. The Morgan fingerprint density at radius 3 is 2.31 bits per heavy atom. The van der Waals surface area contributed by atoms with E-state index in [0.717, 1.165) is 12.5 Å². The molecular formula is C11H22N2. The first kappa shape index (κ1) is 9.47. The van der Waals surface area contributed by atoms with Crippen LogP contribution in [0, 0.1) is 5.92 Å². The monoisotopic (exact) mass is 182 g/mol. The van der Waals surface area contributed by atoms with Gasteiger partial charge in [-0.2, -0.15) is 0 Å². The van der Waals surface area contributed by atoms with Crippen molar-refractivity contribution in [2.75, 3.05) is 19.6 Å². The van der Waals surface area contributed by atoms with E-state index in [1.54, 1.807) is 0 Å². The third-order valence-corrected chi connectivity index (χ3v) is 3.76. The van der Waals surface area contributed by atoms with Crippen LogP contribution in [0.25, 0.3) is 0 Å². The molecule has 0 aromatic heterocycles. The lowest BCUT2D eigenvalue weighted by Crippen LogP contribution is -2.40. The van der Waals surface area contributed by atoms with Crippen molar-refractivity contribution in [3.63, 3.8) is 0 Å². The van der Waals surface area contributed by atoms with E-state index in [1.807, 2.05) is 0 Å². The van der Waals surface area contributed by atoms with E-state index in [0.29, 0.717) is 6.04 Å². The van der Waals surface area contributed by atoms with Gasteiger partial charge in [0, 0.05) is 12.6 Å². The summed E-state index contributed by atoms with van der Waals surface area (Å²) in [4.78, 5) is 2.61. The minimum atomic E-state index is 0.702. The molecule has 1 saturated carbocycles. The first-order chi connectivity index (χ1) is 6.40. The largest absolute Gasteiger partial charge is 0.329 e. The van der Waals surface area contributed by atoms with Crippen LogP contribution in [-0.2, 0) is 0 Å². The lowest BCUT2D eigenvalue weighted by atomic mass is 9.80. The van der Waals surface area contributed by atoms with E-state index in [-0.39, 0.29) is 0 Å². The third-order valence-electron chi connectivity index (χ3n) is 3.76. The number of nitrogens with two attached hydrogens (primary N) is 1. The summed E-state index contributed by atoms with van der Waals surface area (Å²) < 4.78 is 0. The molecule has 2 nitrogen and oxygen atoms in total. The SMILES string of the molecule is NCC(CC1CCC1)N1CCCC1. The second-order valence-corrected chi connectivity index (χ2v) is 4.67. The molecule has 0 aromatic rings. The fraction of sp³-hybridized carbons (Fsp3) is 1.00. The zero-order chi connectivity index (χ0) is 9.10. The Morgan fingerprint density at radius 2 is 1.85 bits per heavy atom. The van der Waals surface area contributed by atoms with Crippen LogP contribution in [0.15, 0.2) is 0 Å². The van der Waals surface area contributed by atoms with Crippen molar-refractivity contribution in [2.45, 2.75) is 44.6 Å². The number of nitrogens with zero attached hydrogens (tertiary/aromatic N) is 1. The molecule has 0 spiro atoms. The fourth-order valence-corrected chi connectivity index (χ4v) is 2.61. The molecule has 0 aromatic carbocycles. The molecule has 1 aliphatic heterocycles. The van der Waals surface area contributed by atoms with Gasteiger partial charge in [0.25, 0.3) is 0 Å². The summed E-state index contributed by atoms with van der Waals surface area (Å²) in [5.41, 5.74) is 5.84. The number of rotatable bonds is 4. The van der Waals surface area contributed by atoms with Crippen LogP contribution in [-0.4, -0.2) is 30.6 Å². The second kappa shape index (κ2) is 4.43. The zero-order valence-corrected chi connectivity index (χ0v) is 8.54. The molecule has 2 heteroatoms. The Morgan fingerprint density at radius 1 is 1.15 bits per heavy atom. The quantitative estimate of drug-likeness (QED) is 0.715. The first-order valence-electron chi connectivity index (χ1n) is 5.84. The van der Waals surface area contributed by atoms with Crippen molar-refractivity contribution in [3.05, 3.63) is 0 Å². The average molecular weight is 182 g/mol. The van der Waals surface area contributed by atoms with E-state index in [9.17, 15) is 0 Å². The minimum absolute atomic E-state index is 0.702. The minimum Gasteiger partial charge on any atom is -0.329 e. The van der Waals surface area contributed by atoms with Crippen molar-refractivity contribution < 1.29 is 0 Å². The summed E-state index contributed by atoms with van der Waals surface area (Å²) in [7, 11) is 0. The Bertz CT molecular complexity index is 148. The second-order valence-electron chi connectivity index (χ2n) is 4.67. The van der Waals surface area contributed by atoms with Gasteiger partial charge < -0.3 is 5.73 Å². The fourth-order valence-electron chi connectivity index (χ4n) is 2.61. The van der Waals surface area contributed by atoms with Gasteiger partial charge in [-0.05, 0) is 38.3 Å². The Kier molecular flexibility index (Phi) is 3.23. The molecule has 2 N–H and O–H groups in total. The predicted molar refractivity (Wildman–Crippen MR) is 55.6 cm³/mol. The Labute approximate surface area is 81.5 Å². The topological polar surface area (TPSA) is 29.3 Å². The average Bonchev–Trinajstić information content (AvgIpc) is 2.55. The van der Waals surface area contributed by atoms with Gasteiger partial charge in [0.1, 0.15) is 0 Å². The molecule has 1 atom stereocenters. The standard InChI is InChI=1S/C11H22N2/c12-9-11(8-10-4-3-5-10)13-6-1-2-7-13/h10-11H,1-9,12H2. The highest BCUT2D eigenvalue weighted by atomic mass is 15.2. The molecule has 0 amide bonds. The predicted octanol–water partition coefficient (Wildman–Crippen LogP) is 1.60. The molecule has 13 heavy (non-hydrogen) atoms. The molecule has 1 aliphatic carbocycles. The molecular weight excluding hydrogens is 160 g/mol. The highest BCUT2D eigenvalue weighted by Crippen LogP contribution is 2.32. The van der Waals surface area contributed by atoms with E-state index in [1.165, 1.54) is 51.6 Å². The van der Waals surface area contributed by atoms with Gasteiger partial charge in [-0.1, -0.05) is 19.3 Å². The Balaban J connectivity index is 1.77. The van der Waals surface area contributed by atoms with Crippen molar-refractivity contribution in [3.8, 4) is 0 Å². The van der Waals surface area contributed by atoms with Gasteiger partial charge in [0.05, 0.1) is 0 Å². The molecule has 1 heterocycles. The van der Waals surface area contributed by atoms with Crippen molar-refractivity contribution in [1.29, 1.82) is 0 Å². The Hall–Kier alpha value is -0.0800. The molecule has 76 valence electrons. The van der Waals surface area contributed by atoms with Gasteiger partial charge in [-0.15, -0.1) is 0 Å². The van der Waals surface area contributed by atoms with Crippen molar-refractivity contribution >= 4 is 0 Å². The molecule has 0 radical (unpaired) electrons. The van der Waals surface area contributed by atoms with Crippen LogP contribution in [0.4, 0.5) is 0 Å². The highest BCUT2D eigenvalue weighted by molar-refractivity contribution is 4.82. The van der Waals surface area contributed by atoms with E-state index >= 15 is 0 Å². The van der Waals surface area contributed by atoms with Gasteiger partial charge >= 0.3 is 0 Å². The van der Waals surface area contributed by atoms with Crippen molar-refractivity contribution in [1.82, 2.24) is 4.90 Å². The summed E-state index contributed by atoms with van der Waals surface area (Å²) in [6.45, 7) is 3.47. The maximum atomic E-state index is 5.84. The summed E-state index contributed by atoms with van der Waals surface area (Å²) in [6.07, 6.45) is 8.54. The molecule has 2 rings (SSSR count). The van der Waals surface area contributed by atoms with Crippen LogP contribution >= 0.6 is 0 Å². The van der Waals surface area contributed by atoms with Crippen molar-refractivity contribution in [2.24, 2.45) is 11.7 Å². The van der Waals surface area contributed by atoms with E-state index < -0.39 is 0 Å². The van der Waals surface area contributed by atoms with E-state index in [2.05, 4.69) is 4.90 Å².